The Labute approximate surface area is 199 Å². The quantitative estimate of drug-likeness (QED) is 0.230. The average molecular weight is 403 g/mol. The Balaban J connectivity index is 0. The van der Waals surface area contributed by atoms with E-state index in [2.05, 4.69) is 6.92 Å². The van der Waals surface area contributed by atoms with Gasteiger partial charge in [-0.15, -0.1) is 0 Å². The minimum atomic E-state index is -4.17. The van der Waals surface area contributed by atoms with Gasteiger partial charge < -0.3 is 9.66 Å². The Morgan fingerprint density at radius 2 is 1.16 bits per heavy atom. The molecule has 0 aromatic rings. The number of unbranched alkanes of at least 4 members (excludes halogenated alkanes) is 9. The molecule has 0 aromatic carbocycles. The van der Waals surface area contributed by atoms with Gasteiger partial charge in [-0.25, -0.2) is 8.42 Å². The Morgan fingerprint density at radius 1 is 0.760 bits per heavy atom. The van der Waals surface area contributed by atoms with Gasteiger partial charge in [0.2, 0.25) is 0 Å². The maximum absolute atomic E-state index is 11.4. The maximum atomic E-state index is 11.4. The molecule has 0 amide bonds. The Kier molecular flexibility index (Phi) is 21.7. The van der Waals surface area contributed by atoms with E-state index in [1.54, 1.807) is 0 Å². The van der Waals surface area contributed by atoms with Gasteiger partial charge in [-0.05, 0) is 25.7 Å². The van der Waals surface area contributed by atoms with Crippen LogP contribution in [0.15, 0.2) is 0 Å². The summed E-state index contributed by atoms with van der Waals surface area (Å²) in [5.74, 6) is 0. The molecule has 0 spiro atoms. The first kappa shape index (κ1) is 28.7. The van der Waals surface area contributed by atoms with Crippen molar-refractivity contribution in [2.24, 2.45) is 0 Å². The van der Waals surface area contributed by atoms with Crippen LogP contribution >= 0.6 is 0 Å². The summed E-state index contributed by atoms with van der Waals surface area (Å²) < 4.78 is 34.2. The molecule has 0 radical (unpaired) electrons. The van der Waals surface area contributed by atoms with E-state index in [1.807, 2.05) is 6.92 Å². The van der Waals surface area contributed by atoms with Crippen LogP contribution in [0.3, 0.4) is 0 Å². The van der Waals surface area contributed by atoms with Crippen LogP contribution in [0.25, 0.3) is 0 Å². The zero-order chi connectivity index (χ0) is 18.3. The Hall–Kier alpha value is 1.51. The second kappa shape index (κ2) is 18.9. The average Bonchev–Trinajstić information content (AvgIpc) is 2.53. The van der Waals surface area contributed by atoms with Gasteiger partial charge in [0.05, 0.1) is 16.2 Å². The molecule has 25 heavy (non-hydrogen) atoms. The van der Waals surface area contributed by atoms with Crippen LogP contribution in [0.1, 0.15) is 110 Å². The zero-order valence-corrected chi connectivity index (χ0v) is 20.8. The van der Waals surface area contributed by atoms with Crippen LogP contribution < -0.4 is 51.4 Å². The second-order valence-corrected chi connectivity index (χ2v) is 8.73. The van der Waals surface area contributed by atoms with Crippen LogP contribution in [-0.4, -0.2) is 29.4 Å². The first-order valence-corrected chi connectivity index (χ1v) is 11.5. The summed E-state index contributed by atoms with van der Waals surface area (Å²) in [5.41, 5.74) is 0. The molecule has 6 heteroatoms. The van der Waals surface area contributed by atoms with Crippen LogP contribution in [0.5, 0.6) is 0 Å². The molecule has 1 N–H and O–H groups in total. The number of aliphatic hydroxyl groups excluding tert-OH is 1. The molecular weight excluding hydrogens is 363 g/mol. The van der Waals surface area contributed by atoms with Crippen LogP contribution in [0.4, 0.5) is 0 Å². The Bertz CT molecular complexity index is 374. The van der Waals surface area contributed by atoms with Gasteiger partial charge in [0.15, 0.2) is 0 Å². The monoisotopic (exact) mass is 402 g/mol. The summed E-state index contributed by atoms with van der Waals surface area (Å²) in [7, 11) is -4.17. The smallest absolute Gasteiger partial charge is 0.748 e. The summed E-state index contributed by atoms with van der Waals surface area (Å²) >= 11 is 0. The van der Waals surface area contributed by atoms with Crippen molar-refractivity contribution in [2.75, 3.05) is 0 Å². The topological polar surface area (TPSA) is 77.4 Å². The SMILES string of the molecule is CCCCCCCCCC(CCCCCCC(O)CC)S(=O)(=O)[O-].[K+]. The van der Waals surface area contributed by atoms with Gasteiger partial charge in [0, 0.05) is 5.25 Å². The number of hydrogen-bond acceptors (Lipinski definition) is 4. The summed E-state index contributed by atoms with van der Waals surface area (Å²) in [6, 6.07) is 0. The molecule has 0 rings (SSSR count). The molecule has 0 aliphatic heterocycles. The molecule has 146 valence electrons. The minimum absolute atomic E-state index is 0. The fourth-order valence-electron chi connectivity index (χ4n) is 3.07. The van der Waals surface area contributed by atoms with Crippen molar-refractivity contribution in [3.05, 3.63) is 0 Å². The first-order chi connectivity index (χ1) is 11.4. The van der Waals surface area contributed by atoms with Gasteiger partial charge in [-0.2, -0.15) is 0 Å². The predicted octanol–water partition coefficient (Wildman–Crippen LogP) is 2.16. The van der Waals surface area contributed by atoms with Crippen LogP contribution in [0.2, 0.25) is 0 Å². The first-order valence-electron chi connectivity index (χ1n) is 10.0. The molecule has 0 fully saturated rings. The van der Waals surface area contributed by atoms with Crippen molar-refractivity contribution in [1.29, 1.82) is 0 Å². The summed E-state index contributed by atoms with van der Waals surface area (Å²) in [5, 5.41) is 8.78. The molecule has 2 atom stereocenters. The number of rotatable bonds is 17. The van der Waals surface area contributed by atoms with E-state index < -0.39 is 15.4 Å². The summed E-state index contributed by atoms with van der Waals surface area (Å²) in [6.45, 7) is 4.16. The third-order valence-corrected chi connectivity index (χ3v) is 6.11. The minimum Gasteiger partial charge on any atom is -0.748 e. The van der Waals surface area contributed by atoms with Gasteiger partial charge in [-0.1, -0.05) is 84.5 Å². The van der Waals surface area contributed by atoms with Gasteiger partial charge in [0.1, 0.15) is 0 Å². The maximum Gasteiger partial charge on any atom is 1.00 e. The molecule has 0 aliphatic carbocycles. The van der Waals surface area contributed by atoms with E-state index in [9.17, 15) is 18.1 Å². The van der Waals surface area contributed by atoms with E-state index in [4.69, 9.17) is 0 Å². The van der Waals surface area contributed by atoms with E-state index in [1.165, 1.54) is 25.7 Å². The molecule has 0 bridgehead atoms. The third-order valence-electron chi connectivity index (χ3n) is 4.82. The van der Waals surface area contributed by atoms with E-state index in [0.29, 0.717) is 12.8 Å². The zero-order valence-electron chi connectivity index (χ0n) is 16.8. The largest absolute Gasteiger partial charge is 1.00 e. The molecule has 4 nitrogen and oxygen atoms in total. The third kappa shape index (κ3) is 18.6. The fraction of sp³-hybridized carbons (Fsp3) is 1.00. The van der Waals surface area contributed by atoms with Crippen molar-refractivity contribution in [3.8, 4) is 0 Å². The van der Waals surface area contributed by atoms with Crippen LogP contribution in [0, 0.1) is 0 Å². The molecule has 0 saturated carbocycles. The molecule has 2 unspecified atom stereocenters. The summed E-state index contributed by atoms with van der Waals surface area (Å²) in [6.07, 6.45) is 14.1. The standard InChI is InChI=1S/C19H40O4S.K/c1-3-5-6-7-8-9-13-16-19(24(21,22)23)17-14-11-10-12-15-18(20)4-2;/h18-20H,3-17H2,1-2H3,(H,21,22,23);/q;+1/p-1. The molecule has 0 heterocycles. The van der Waals surface area contributed by atoms with Gasteiger partial charge in [-0.3, -0.25) is 0 Å². The van der Waals surface area contributed by atoms with Crippen molar-refractivity contribution >= 4 is 10.1 Å². The predicted molar refractivity (Wildman–Crippen MR) is 100 cm³/mol. The fourth-order valence-corrected chi connectivity index (χ4v) is 3.98. The van der Waals surface area contributed by atoms with Gasteiger partial charge >= 0.3 is 51.4 Å². The van der Waals surface area contributed by atoms with E-state index >= 15 is 0 Å². The summed E-state index contributed by atoms with van der Waals surface area (Å²) in [4.78, 5) is 0. The van der Waals surface area contributed by atoms with Crippen LogP contribution in [-0.2, 0) is 10.1 Å². The number of hydrogen-bond donors (Lipinski definition) is 1. The van der Waals surface area contributed by atoms with Crippen molar-refractivity contribution in [1.82, 2.24) is 0 Å². The molecule has 0 aromatic heterocycles. The van der Waals surface area contributed by atoms with Crippen molar-refractivity contribution in [3.63, 3.8) is 0 Å². The van der Waals surface area contributed by atoms with E-state index in [0.717, 1.165) is 57.8 Å². The van der Waals surface area contributed by atoms with Crippen molar-refractivity contribution < 1.29 is 69.5 Å². The molecular formula is C19H39KO4S. The van der Waals surface area contributed by atoms with Crippen molar-refractivity contribution in [2.45, 2.75) is 122 Å². The molecule has 0 saturated heterocycles. The molecule has 0 aliphatic rings. The van der Waals surface area contributed by atoms with E-state index in [-0.39, 0.29) is 57.5 Å². The second-order valence-electron chi connectivity index (χ2n) is 7.08. The number of aliphatic hydroxyl groups is 1. The normalized spacial score (nSPS) is 14.1. The van der Waals surface area contributed by atoms with Gasteiger partial charge in [0.25, 0.3) is 0 Å². The Morgan fingerprint density at radius 3 is 1.56 bits per heavy atom.